The lowest BCUT2D eigenvalue weighted by molar-refractivity contribution is -0.165. The molecule has 1 aromatic heterocycles. The number of alkyl halides is 3. The smallest absolute Gasteiger partial charge is 0.323 e. The van der Waals surface area contributed by atoms with Gasteiger partial charge in [-0.25, -0.2) is 4.98 Å². The molecule has 0 spiro atoms. The Morgan fingerprint density at radius 3 is 2.46 bits per heavy atom. The maximum Gasteiger partial charge on any atom is 0.410 e. The predicted octanol–water partition coefficient (Wildman–Crippen LogP) is 4.93. The topological polar surface area (TPSA) is 29.9 Å². The number of halogens is 3. The first-order valence-electron chi connectivity index (χ1n) is 7.54. The van der Waals surface area contributed by atoms with Crippen LogP contribution in [0.1, 0.15) is 25.5 Å². The number of aromatic nitrogens is 2. The summed E-state index contributed by atoms with van der Waals surface area (Å²) < 4.78 is 43.2. The molecule has 1 N–H and O–H groups in total. The van der Waals surface area contributed by atoms with Crippen LogP contribution in [0.2, 0.25) is 0 Å². The highest BCUT2D eigenvalue weighted by atomic mass is 33.1. The number of imidazole rings is 1. The van der Waals surface area contributed by atoms with E-state index < -0.39 is 12.2 Å². The van der Waals surface area contributed by atoms with Crippen molar-refractivity contribution in [2.24, 2.45) is 5.92 Å². The molecule has 0 unspecified atom stereocenters. The highest BCUT2D eigenvalue weighted by Crippen LogP contribution is 2.31. The second-order valence-electron chi connectivity index (χ2n) is 6.00. The average molecular weight is 375 g/mol. The Morgan fingerprint density at radius 1 is 1.25 bits per heavy atom. The molecule has 0 saturated carbocycles. The maximum atomic E-state index is 13.2. The van der Waals surface area contributed by atoms with Crippen molar-refractivity contribution < 1.29 is 13.2 Å². The first-order valence-corrected chi connectivity index (χ1v) is 9.41. The monoisotopic (exact) mass is 375 g/mol. The van der Waals surface area contributed by atoms with E-state index in [9.17, 15) is 13.2 Å². The van der Waals surface area contributed by atoms with Crippen LogP contribution in [0.4, 0.5) is 13.2 Å². The van der Waals surface area contributed by atoms with Gasteiger partial charge in [-0.15, -0.1) is 0 Å². The minimum absolute atomic E-state index is 0.277. The standard InChI is InChI=1S/C16H20F3N3S2/c1-11(2)7-12-3-5-13(6-4-12)14-9-22(10-20-14)15(8-21-24-23)16(17,18)19/h3-6,9-11,15,21,23H,7-8H2,1-2H3/t15-/m0/s1. The Morgan fingerprint density at radius 2 is 1.92 bits per heavy atom. The number of nitrogens with one attached hydrogen (secondary N) is 1. The number of thiol groups is 1. The summed E-state index contributed by atoms with van der Waals surface area (Å²) in [6, 6.07) is 6.10. The predicted molar refractivity (Wildman–Crippen MR) is 95.9 cm³/mol. The number of nitrogens with zero attached hydrogens (tertiary/aromatic N) is 2. The highest BCUT2D eigenvalue weighted by Gasteiger charge is 2.40. The van der Waals surface area contributed by atoms with E-state index in [4.69, 9.17) is 0 Å². The van der Waals surface area contributed by atoms with E-state index in [1.807, 2.05) is 24.3 Å². The van der Waals surface area contributed by atoms with Gasteiger partial charge < -0.3 is 4.57 Å². The molecule has 0 aliphatic carbocycles. The van der Waals surface area contributed by atoms with E-state index in [0.717, 1.165) is 27.5 Å². The van der Waals surface area contributed by atoms with Crippen LogP contribution in [0, 0.1) is 5.92 Å². The largest absolute Gasteiger partial charge is 0.410 e. The highest BCUT2D eigenvalue weighted by molar-refractivity contribution is 8.67. The van der Waals surface area contributed by atoms with Crippen molar-refractivity contribution in [3.8, 4) is 11.3 Å². The molecule has 0 fully saturated rings. The lowest BCUT2D eigenvalue weighted by atomic mass is 10.0. The van der Waals surface area contributed by atoms with Crippen molar-refractivity contribution in [2.75, 3.05) is 6.54 Å². The average Bonchev–Trinajstić information content (AvgIpc) is 2.96. The molecule has 1 heterocycles. The minimum atomic E-state index is -4.37. The third kappa shape index (κ3) is 5.19. The molecule has 0 amide bonds. The van der Waals surface area contributed by atoms with Gasteiger partial charge in [0.2, 0.25) is 0 Å². The Bertz CT molecular complexity index is 639. The first kappa shape index (κ1) is 19.2. The number of hydrogen-bond donors (Lipinski definition) is 2. The van der Waals surface area contributed by atoms with E-state index in [-0.39, 0.29) is 6.54 Å². The lowest BCUT2D eigenvalue weighted by Gasteiger charge is -2.21. The Labute approximate surface area is 149 Å². The molecule has 1 atom stereocenters. The lowest BCUT2D eigenvalue weighted by Crippen LogP contribution is -2.32. The Balaban J connectivity index is 2.19. The second kappa shape index (κ2) is 8.31. The van der Waals surface area contributed by atoms with E-state index >= 15 is 0 Å². The summed E-state index contributed by atoms with van der Waals surface area (Å²) in [5.41, 5.74) is 2.54. The molecule has 132 valence electrons. The van der Waals surface area contributed by atoms with E-state index in [2.05, 4.69) is 35.2 Å². The van der Waals surface area contributed by atoms with Gasteiger partial charge in [0, 0.05) is 18.3 Å². The van der Waals surface area contributed by atoms with Crippen LogP contribution in [0.3, 0.4) is 0 Å². The normalized spacial score (nSPS) is 13.5. The van der Waals surface area contributed by atoms with Gasteiger partial charge >= 0.3 is 6.18 Å². The summed E-state index contributed by atoms with van der Waals surface area (Å²) in [5, 5.41) is 0. The fraction of sp³-hybridized carbons (Fsp3) is 0.438. The number of hydrogen-bond acceptors (Lipinski definition) is 4. The second-order valence-corrected chi connectivity index (χ2v) is 7.02. The van der Waals surface area contributed by atoms with Gasteiger partial charge in [0.25, 0.3) is 0 Å². The zero-order valence-corrected chi connectivity index (χ0v) is 15.1. The summed E-state index contributed by atoms with van der Waals surface area (Å²) in [4.78, 5) is 4.13. The molecule has 0 saturated heterocycles. The molecule has 0 bridgehead atoms. The van der Waals surface area contributed by atoms with Gasteiger partial charge in [0.15, 0.2) is 0 Å². The van der Waals surface area contributed by atoms with Crippen LogP contribution in [-0.4, -0.2) is 22.3 Å². The van der Waals surface area contributed by atoms with Gasteiger partial charge in [-0.2, -0.15) is 13.2 Å². The van der Waals surface area contributed by atoms with Crippen molar-refractivity contribution in [3.05, 3.63) is 42.4 Å². The third-order valence-corrected chi connectivity index (χ3v) is 4.26. The van der Waals surface area contributed by atoms with Crippen LogP contribution >= 0.6 is 22.6 Å². The molecule has 0 aliphatic heterocycles. The Kier molecular flexibility index (Phi) is 6.65. The molecule has 8 heteroatoms. The number of rotatable bonds is 7. The molecular formula is C16H20F3N3S2. The van der Waals surface area contributed by atoms with Crippen LogP contribution in [0.5, 0.6) is 0 Å². The van der Waals surface area contributed by atoms with E-state index in [0.29, 0.717) is 11.6 Å². The van der Waals surface area contributed by atoms with E-state index in [1.54, 1.807) is 0 Å². The molecule has 2 aromatic rings. The van der Waals surface area contributed by atoms with E-state index in [1.165, 1.54) is 18.1 Å². The van der Waals surface area contributed by atoms with Gasteiger partial charge in [-0.05, 0) is 28.9 Å². The molecule has 2 rings (SSSR count). The molecule has 24 heavy (non-hydrogen) atoms. The minimum Gasteiger partial charge on any atom is -0.323 e. The zero-order chi connectivity index (χ0) is 17.7. The fourth-order valence-electron chi connectivity index (χ4n) is 2.45. The van der Waals surface area contributed by atoms with Crippen LogP contribution in [0.15, 0.2) is 36.8 Å². The Hall–Kier alpha value is -1.12. The molecule has 1 aromatic carbocycles. The van der Waals surface area contributed by atoms with Crippen molar-refractivity contribution in [2.45, 2.75) is 32.5 Å². The molecule has 0 aliphatic rings. The van der Waals surface area contributed by atoms with Gasteiger partial charge in [0.05, 0.1) is 12.0 Å². The third-order valence-electron chi connectivity index (χ3n) is 3.57. The SMILES string of the molecule is CC(C)Cc1ccc(-c2cn([C@@H](CNSS)C(F)(F)F)cn2)cc1. The van der Waals surface area contributed by atoms with Gasteiger partial charge in [-0.1, -0.05) is 49.8 Å². The fourth-order valence-corrected chi connectivity index (χ4v) is 2.90. The summed E-state index contributed by atoms with van der Waals surface area (Å²) in [6.45, 7) is 4.01. The maximum absolute atomic E-state index is 13.2. The van der Waals surface area contributed by atoms with Crippen molar-refractivity contribution in [3.63, 3.8) is 0 Å². The zero-order valence-electron chi connectivity index (χ0n) is 13.4. The first-order chi connectivity index (χ1) is 11.3. The molecule has 3 nitrogen and oxygen atoms in total. The van der Waals surface area contributed by atoms with Crippen molar-refractivity contribution >= 4 is 22.6 Å². The summed E-state index contributed by atoms with van der Waals surface area (Å²) >= 11 is 3.81. The quantitative estimate of drug-likeness (QED) is 0.408. The van der Waals surface area contributed by atoms with Crippen LogP contribution in [-0.2, 0) is 6.42 Å². The summed E-state index contributed by atoms with van der Waals surface area (Å²) in [7, 11) is 0.861. The number of benzene rings is 1. The summed E-state index contributed by atoms with van der Waals surface area (Å²) in [6.07, 6.45) is -0.742. The molecule has 0 radical (unpaired) electrons. The van der Waals surface area contributed by atoms with Crippen molar-refractivity contribution in [1.82, 2.24) is 14.3 Å². The summed E-state index contributed by atoms with van der Waals surface area (Å²) in [5.74, 6) is 0.555. The van der Waals surface area contributed by atoms with Gasteiger partial charge in [-0.3, -0.25) is 4.72 Å². The van der Waals surface area contributed by atoms with Crippen molar-refractivity contribution in [1.29, 1.82) is 0 Å². The van der Waals surface area contributed by atoms with Crippen LogP contribution in [0.25, 0.3) is 11.3 Å². The van der Waals surface area contributed by atoms with Gasteiger partial charge in [0.1, 0.15) is 6.04 Å². The molecular weight excluding hydrogens is 355 g/mol. The van der Waals surface area contributed by atoms with Crippen LogP contribution < -0.4 is 4.72 Å².